The van der Waals surface area contributed by atoms with Crippen LogP contribution in [0.15, 0.2) is 42.5 Å². The molecule has 1 unspecified atom stereocenters. The van der Waals surface area contributed by atoms with Gasteiger partial charge in [-0.3, -0.25) is 0 Å². The number of carbonyl (C=O) groups is 1. The van der Waals surface area contributed by atoms with E-state index in [1.807, 2.05) is 43.3 Å². The largest absolute Gasteiger partial charge is 0.462 e. The number of ether oxygens (including phenoxy) is 1. The highest BCUT2D eigenvalue weighted by Crippen LogP contribution is 2.37. The van der Waals surface area contributed by atoms with Crippen LogP contribution in [0.4, 0.5) is 0 Å². The van der Waals surface area contributed by atoms with Gasteiger partial charge in [0.15, 0.2) is 0 Å². The van der Waals surface area contributed by atoms with Gasteiger partial charge in [0.2, 0.25) is 0 Å². The van der Waals surface area contributed by atoms with Gasteiger partial charge in [-0.15, -0.1) is 0 Å². The Labute approximate surface area is 210 Å². The fourth-order valence-electron chi connectivity index (χ4n) is 4.41. The maximum absolute atomic E-state index is 12.1. The first kappa shape index (κ1) is 28.5. The van der Waals surface area contributed by atoms with Crippen molar-refractivity contribution in [3.8, 4) is 6.07 Å². The molecule has 0 aliphatic heterocycles. The molecule has 6 nitrogen and oxygen atoms in total. The van der Waals surface area contributed by atoms with Crippen LogP contribution in [-0.2, 0) is 29.8 Å². The molecule has 0 aromatic heterocycles. The number of hydrogen-bond donors (Lipinski definition) is 2. The minimum atomic E-state index is -0.661. The Kier molecular flexibility index (Phi) is 11.4. The van der Waals surface area contributed by atoms with Gasteiger partial charge in [-0.05, 0) is 79.6 Å². The second kappa shape index (κ2) is 14.0. The van der Waals surface area contributed by atoms with E-state index >= 15 is 0 Å². The van der Waals surface area contributed by atoms with Crippen molar-refractivity contribution < 1.29 is 19.7 Å². The Morgan fingerprint density at radius 1 is 1.11 bits per heavy atom. The highest BCUT2D eigenvalue weighted by atomic mass is 16.5. The third-order valence-corrected chi connectivity index (χ3v) is 6.74. The van der Waals surface area contributed by atoms with Gasteiger partial charge in [-0.2, -0.15) is 5.26 Å². The van der Waals surface area contributed by atoms with Gasteiger partial charge in [-0.25, -0.2) is 4.79 Å². The lowest BCUT2D eigenvalue weighted by molar-refractivity contribution is 0.0505. The van der Waals surface area contributed by atoms with Crippen molar-refractivity contribution in [1.82, 2.24) is 4.90 Å². The highest BCUT2D eigenvalue weighted by molar-refractivity contribution is 5.89. The third kappa shape index (κ3) is 7.63. The Morgan fingerprint density at radius 2 is 1.86 bits per heavy atom. The average molecular weight is 481 g/mol. The number of aliphatic hydroxyl groups is 2. The molecule has 0 heterocycles. The number of esters is 1. The number of nitriles is 1. The average Bonchev–Trinajstić information content (AvgIpc) is 2.88. The molecular formula is C29H40N2O4. The van der Waals surface area contributed by atoms with E-state index in [0.717, 1.165) is 43.5 Å². The van der Waals surface area contributed by atoms with Gasteiger partial charge in [-0.1, -0.05) is 51.1 Å². The number of rotatable bonds is 14. The van der Waals surface area contributed by atoms with Gasteiger partial charge < -0.3 is 19.8 Å². The van der Waals surface area contributed by atoms with E-state index in [2.05, 4.69) is 31.9 Å². The first-order valence-electron chi connectivity index (χ1n) is 12.5. The van der Waals surface area contributed by atoms with Gasteiger partial charge in [0.05, 0.1) is 36.9 Å². The van der Waals surface area contributed by atoms with E-state index in [4.69, 9.17) is 4.74 Å². The quantitative estimate of drug-likeness (QED) is 0.384. The maximum atomic E-state index is 12.1. The molecule has 0 aliphatic carbocycles. The molecule has 2 N–H and O–H groups in total. The Balaban J connectivity index is 1.99. The predicted octanol–water partition coefficient (Wildman–Crippen LogP) is 4.61. The molecule has 2 rings (SSSR count). The van der Waals surface area contributed by atoms with Crippen LogP contribution in [0.3, 0.4) is 0 Å². The SMILES string of the molecule is CCCOC(=O)c1cccc(CCN(C)CCCC(C#N)(c2ccc(CO)c(CO)c2)C(C)C)c1. The normalized spacial score (nSPS) is 13.0. The highest BCUT2D eigenvalue weighted by Gasteiger charge is 2.36. The van der Waals surface area contributed by atoms with Gasteiger partial charge in [0, 0.05) is 6.54 Å². The summed E-state index contributed by atoms with van der Waals surface area (Å²) >= 11 is 0. The van der Waals surface area contributed by atoms with E-state index in [-0.39, 0.29) is 25.1 Å². The molecular weight excluding hydrogens is 440 g/mol. The van der Waals surface area contributed by atoms with E-state index in [0.29, 0.717) is 29.7 Å². The lowest BCUT2D eigenvalue weighted by atomic mass is 9.69. The molecule has 2 aromatic carbocycles. The zero-order valence-electron chi connectivity index (χ0n) is 21.6. The second-order valence-electron chi connectivity index (χ2n) is 9.53. The first-order valence-corrected chi connectivity index (χ1v) is 12.5. The molecule has 0 aliphatic rings. The fraction of sp³-hybridized carbons (Fsp3) is 0.517. The zero-order chi connectivity index (χ0) is 25.8. The van der Waals surface area contributed by atoms with Crippen LogP contribution >= 0.6 is 0 Å². The summed E-state index contributed by atoms with van der Waals surface area (Å²) in [4.78, 5) is 14.4. The topological polar surface area (TPSA) is 93.8 Å². The summed E-state index contributed by atoms with van der Waals surface area (Å²) in [6.45, 7) is 7.91. The second-order valence-corrected chi connectivity index (χ2v) is 9.53. The molecule has 0 saturated heterocycles. The van der Waals surface area contributed by atoms with Gasteiger partial charge >= 0.3 is 5.97 Å². The van der Waals surface area contributed by atoms with Gasteiger partial charge in [0.1, 0.15) is 0 Å². The number of aliphatic hydroxyl groups excluding tert-OH is 2. The van der Waals surface area contributed by atoms with Crippen LogP contribution in [0.1, 0.15) is 72.6 Å². The summed E-state index contributed by atoms with van der Waals surface area (Å²) in [6.07, 6.45) is 3.17. The minimum absolute atomic E-state index is 0.0968. The van der Waals surface area contributed by atoms with Crippen LogP contribution < -0.4 is 0 Å². The molecule has 0 fully saturated rings. The summed E-state index contributed by atoms with van der Waals surface area (Å²) in [7, 11) is 2.07. The molecule has 0 saturated carbocycles. The molecule has 0 radical (unpaired) electrons. The van der Waals surface area contributed by atoms with E-state index < -0.39 is 5.41 Å². The van der Waals surface area contributed by atoms with Crippen molar-refractivity contribution in [3.05, 3.63) is 70.3 Å². The molecule has 0 bridgehead atoms. The Morgan fingerprint density at radius 3 is 2.49 bits per heavy atom. The summed E-state index contributed by atoms with van der Waals surface area (Å²) < 4.78 is 5.23. The van der Waals surface area contributed by atoms with Crippen molar-refractivity contribution in [1.29, 1.82) is 5.26 Å². The van der Waals surface area contributed by atoms with Crippen molar-refractivity contribution >= 4 is 5.97 Å². The molecule has 190 valence electrons. The molecule has 1 atom stereocenters. The van der Waals surface area contributed by atoms with Crippen molar-refractivity contribution in [2.24, 2.45) is 5.92 Å². The number of nitrogens with zero attached hydrogens (tertiary/aromatic N) is 2. The number of likely N-dealkylation sites (N-methyl/N-ethyl adjacent to an activating group) is 1. The number of hydrogen-bond acceptors (Lipinski definition) is 6. The lowest BCUT2D eigenvalue weighted by Crippen LogP contribution is -2.33. The van der Waals surface area contributed by atoms with Crippen LogP contribution in [0.25, 0.3) is 0 Å². The fourth-order valence-corrected chi connectivity index (χ4v) is 4.41. The number of benzene rings is 2. The lowest BCUT2D eigenvalue weighted by Gasteiger charge is -2.32. The Hall–Kier alpha value is -2.72. The van der Waals surface area contributed by atoms with E-state index in [9.17, 15) is 20.3 Å². The van der Waals surface area contributed by atoms with E-state index in [1.54, 1.807) is 6.07 Å². The zero-order valence-corrected chi connectivity index (χ0v) is 21.6. The molecule has 35 heavy (non-hydrogen) atoms. The minimum Gasteiger partial charge on any atom is -0.462 e. The number of carbonyl (C=O) groups excluding carboxylic acids is 1. The molecule has 0 amide bonds. The first-order chi connectivity index (χ1) is 16.8. The van der Waals surface area contributed by atoms with E-state index in [1.165, 1.54) is 0 Å². The van der Waals surface area contributed by atoms with Crippen molar-refractivity contribution in [2.45, 2.75) is 65.1 Å². The van der Waals surface area contributed by atoms with Gasteiger partial charge in [0.25, 0.3) is 0 Å². The Bertz CT molecular complexity index is 998. The van der Waals surface area contributed by atoms with Crippen molar-refractivity contribution in [3.63, 3.8) is 0 Å². The summed E-state index contributed by atoms with van der Waals surface area (Å²) in [5.41, 5.74) is 3.27. The van der Waals surface area contributed by atoms with Crippen LogP contribution in [-0.4, -0.2) is 47.8 Å². The van der Waals surface area contributed by atoms with Crippen LogP contribution in [0.5, 0.6) is 0 Å². The standard InChI is InChI=1S/C29H40N2O4/c1-5-16-35-28(34)24-9-6-8-23(17-24)12-15-31(4)14-7-13-29(21-30,22(2)3)27-11-10-25(19-32)26(18-27)20-33/h6,8-11,17-18,22,32-33H,5,7,12-16,19-20H2,1-4H3. The predicted molar refractivity (Wildman–Crippen MR) is 138 cm³/mol. The molecule has 0 spiro atoms. The summed E-state index contributed by atoms with van der Waals surface area (Å²) in [5.74, 6) is -0.181. The van der Waals surface area contributed by atoms with Crippen LogP contribution in [0.2, 0.25) is 0 Å². The maximum Gasteiger partial charge on any atom is 0.338 e. The van der Waals surface area contributed by atoms with Crippen LogP contribution in [0, 0.1) is 17.2 Å². The smallest absolute Gasteiger partial charge is 0.338 e. The van der Waals surface area contributed by atoms with Crippen molar-refractivity contribution in [2.75, 3.05) is 26.7 Å². The monoisotopic (exact) mass is 480 g/mol. The third-order valence-electron chi connectivity index (χ3n) is 6.74. The summed E-state index contributed by atoms with van der Waals surface area (Å²) in [5, 5.41) is 29.4. The molecule has 2 aromatic rings. The molecule has 6 heteroatoms. The summed E-state index contributed by atoms with van der Waals surface area (Å²) in [6, 6.07) is 15.8.